The molecule has 0 aliphatic rings. The van der Waals surface area contributed by atoms with Crippen LogP contribution in [0.4, 0.5) is 0 Å². The Labute approximate surface area is 143 Å². The normalized spacial score (nSPS) is 11.8. The van der Waals surface area contributed by atoms with Gasteiger partial charge in [-0.3, -0.25) is 4.79 Å². The Kier molecular flexibility index (Phi) is 7.30. The molecule has 0 saturated carbocycles. The minimum Gasteiger partial charge on any atom is -0.497 e. The molecule has 2 aromatic carbocycles. The maximum absolute atomic E-state index is 11.9. The van der Waals surface area contributed by atoms with Crippen molar-refractivity contribution in [1.29, 1.82) is 0 Å². The van der Waals surface area contributed by atoms with E-state index in [0.717, 1.165) is 17.7 Å². The Morgan fingerprint density at radius 2 is 1.79 bits per heavy atom. The molecule has 4 heteroatoms. The van der Waals surface area contributed by atoms with Crippen LogP contribution in [0.5, 0.6) is 5.75 Å². The summed E-state index contributed by atoms with van der Waals surface area (Å²) in [6.07, 6.45) is 1.25. The Balaban J connectivity index is 1.60. The highest BCUT2D eigenvalue weighted by Gasteiger charge is 2.05. The zero-order valence-corrected chi connectivity index (χ0v) is 14.3. The zero-order chi connectivity index (χ0) is 17.2. The third-order valence-corrected chi connectivity index (χ3v) is 3.80. The first-order valence-corrected chi connectivity index (χ1v) is 8.25. The molecule has 1 N–H and O–H groups in total. The van der Waals surface area contributed by atoms with E-state index in [1.165, 1.54) is 5.56 Å². The van der Waals surface area contributed by atoms with Gasteiger partial charge in [-0.25, -0.2) is 0 Å². The van der Waals surface area contributed by atoms with E-state index in [9.17, 15) is 4.79 Å². The molecule has 0 heterocycles. The van der Waals surface area contributed by atoms with Crippen molar-refractivity contribution in [3.8, 4) is 5.75 Å². The summed E-state index contributed by atoms with van der Waals surface area (Å²) in [5, 5.41) is 2.92. The molecule has 0 spiro atoms. The SMILES string of the molecule is COc1ccc(CC(=O)NCCCOC(C)c2ccccc2)cc1. The number of rotatable bonds is 9. The lowest BCUT2D eigenvalue weighted by Crippen LogP contribution is -2.26. The molecular weight excluding hydrogens is 302 g/mol. The van der Waals surface area contributed by atoms with Crippen molar-refractivity contribution in [2.24, 2.45) is 0 Å². The maximum atomic E-state index is 11.9. The Morgan fingerprint density at radius 3 is 2.46 bits per heavy atom. The number of hydrogen-bond acceptors (Lipinski definition) is 3. The maximum Gasteiger partial charge on any atom is 0.224 e. The third-order valence-electron chi connectivity index (χ3n) is 3.80. The molecular formula is C20H25NO3. The molecule has 4 nitrogen and oxygen atoms in total. The van der Waals surface area contributed by atoms with E-state index in [4.69, 9.17) is 9.47 Å². The van der Waals surface area contributed by atoms with E-state index < -0.39 is 0 Å². The lowest BCUT2D eigenvalue weighted by atomic mass is 10.1. The van der Waals surface area contributed by atoms with Gasteiger partial charge in [0.05, 0.1) is 19.6 Å². The quantitative estimate of drug-likeness (QED) is 0.717. The highest BCUT2D eigenvalue weighted by Crippen LogP contribution is 2.15. The second-order valence-corrected chi connectivity index (χ2v) is 5.65. The lowest BCUT2D eigenvalue weighted by Gasteiger charge is -2.13. The summed E-state index contributed by atoms with van der Waals surface area (Å²) in [5.41, 5.74) is 2.14. The fourth-order valence-corrected chi connectivity index (χ4v) is 2.37. The fourth-order valence-electron chi connectivity index (χ4n) is 2.37. The van der Waals surface area contributed by atoms with E-state index in [0.29, 0.717) is 19.6 Å². The molecule has 1 atom stereocenters. The molecule has 128 valence electrons. The molecule has 24 heavy (non-hydrogen) atoms. The third kappa shape index (κ3) is 6.05. The predicted molar refractivity (Wildman–Crippen MR) is 95.1 cm³/mol. The van der Waals surface area contributed by atoms with Crippen molar-refractivity contribution in [3.63, 3.8) is 0 Å². The second-order valence-electron chi connectivity index (χ2n) is 5.65. The Bertz CT molecular complexity index is 611. The van der Waals surface area contributed by atoms with E-state index in [2.05, 4.69) is 17.4 Å². The van der Waals surface area contributed by atoms with E-state index >= 15 is 0 Å². The van der Waals surface area contributed by atoms with Crippen LogP contribution in [0.25, 0.3) is 0 Å². The van der Waals surface area contributed by atoms with Crippen LogP contribution in [0.15, 0.2) is 54.6 Å². The average molecular weight is 327 g/mol. The molecule has 2 rings (SSSR count). The number of carbonyl (C=O) groups is 1. The molecule has 0 radical (unpaired) electrons. The summed E-state index contributed by atoms with van der Waals surface area (Å²) in [4.78, 5) is 11.9. The van der Waals surface area contributed by atoms with Crippen LogP contribution in [0, 0.1) is 0 Å². The summed E-state index contributed by atoms with van der Waals surface area (Å²) in [7, 11) is 1.63. The number of amides is 1. The van der Waals surface area contributed by atoms with Crippen molar-refractivity contribution in [2.45, 2.75) is 25.9 Å². The smallest absolute Gasteiger partial charge is 0.224 e. The molecule has 0 fully saturated rings. The van der Waals surface area contributed by atoms with Gasteiger partial charge in [-0.1, -0.05) is 42.5 Å². The molecule has 1 amide bonds. The highest BCUT2D eigenvalue weighted by atomic mass is 16.5. The number of ether oxygens (including phenoxy) is 2. The Morgan fingerprint density at radius 1 is 1.08 bits per heavy atom. The Hall–Kier alpha value is -2.33. The average Bonchev–Trinajstić information content (AvgIpc) is 2.62. The topological polar surface area (TPSA) is 47.6 Å². The van der Waals surface area contributed by atoms with Gasteiger partial charge < -0.3 is 14.8 Å². The van der Waals surface area contributed by atoms with Crippen LogP contribution in [0.2, 0.25) is 0 Å². The largest absolute Gasteiger partial charge is 0.497 e. The first kappa shape index (κ1) is 18.0. The van der Waals surface area contributed by atoms with E-state index in [1.807, 2.05) is 49.4 Å². The molecule has 1 unspecified atom stereocenters. The van der Waals surface area contributed by atoms with Gasteiger partial charge in [0.2, 0.25) is 5.91 Å². The molecule has 0 saturated heterocycles. The minimum absolute atomic E-state index is 0.0243. The van der Waals surface area contributed by atoms with Crippen LogP contribution in [-0.4, -0.2) is 26.2 Å². The van der Waals surface area contributed by atoms with Gasteiger partial charge in [0, 0.05) is 13.2 Å². The van der Waals surface area contributed by atoms with Crippen LogP contribution in [-0.2, 0) is 16.0 Å². The van der Waals surface area contributed by atoms with Gasteiger partial charge in [0.1, 0.15) is 5.75 Å². The summed E-state index contributed by atoms with van der Waals surface area (Å²) < 4.78 is 10.9. The number of hydrogen-bond donors (Lipinski definition) is 1. The van der Waals surface area contributed by atoms with E-state index in [1.54, 1.807) is 7.11 Å². The van der Waals surface area contributed by atoms with Crippen molar-refractivity contribution >= 4 is 5.91 Å². The van der Waals surface area contributed by atoms with Crippen molar-refractivity contribution in [3.05, 3.63) is 65.7 Å². The van der Waals surface area contributed by atoms with Gasteiger partial charge in [-0.15, -0.1) is 0 Å². The van der Waals surface area contributed by atoms with Crippen LogP contribution < -0.4 is 10.1 Å². The first-order valence-electron chi connectivity index (χ1n) is 8.25. The summed E-state index contributed by atoms with van der Waals surface area (Å²) >= 11 is 0. The van der Waals surface area contributed by atoms with Crippen molar-refractivity contribution in [2.75, 3.05) is 20.3 Å². The highest BCUT2D eigenvalue weighted by molar-refractivity contribution is 5.78. The summed E-state index contributed by atoms with van der Waals surface area (Å²) in [6.45, 7) is 3.28. The second kappa shape index (κ2) is 9.73. The molecule has 0 aliphatic heterocycles. The van der Waals surface area contributed by atoms with Crippen LogP contribution >= 0.6 is 0 Å². The number of benzene rings is 2. The van der Waals surface area contributed by atoms with Gasteiger partial charge in [-0.2, -0.15) is 0 Å². The first-order chi connectivity index (χ1) is 11.7. The zero-order valence-electron chi connectivity index (χ0n) is 14.3. The minimum atomic E-state index is 0.0243. The number of methoxy groups -OCH3 is 1. The molecule has 0 bridgehead atoms. The van der Waals surface area contributed by atoms with Crippen LogP contribution in [0.1, 0.15) is 30.6 Å². The monoisotopic (exact) mass is 327 g/mol. The molecule has 0 aromatic heterocycles. The van der Waals surface area contributed by atoms with E-state index in [-0.39, 0.29) is 12.0 Å². The van der Waals surface area contributed by atoms with Crippen molar-refractivity contribution < 1.29 is 14.3 Å². The predicted octanol–water partition coefficient (Wildman–Crippen LogP) is 3.52. The van der Waals surface area contributed by atoms with Crippen LogP contribution in [0.3, 0.4) is 0 Å². The molecule has 2 aromatic rings. The van der Waals surface area contributed by atoms with Gasteiger partial charge in [-0.05, 0) is 36.6 Å². The van der Waals surface area contributed by atoms with Gasteiger partial charge in [0.15, 0.2) is 0 Å². The molecule has 0 aliphatic carbocycles. The standard InChI is InChI=1S/C20H25NO3/c1-16(18-7-4-3-5-8-18)24-14-6-13-21-20(22)15-17-9-11-19(23-2)12-10-17/h3-5,7-12,16H,6,13-15H2,1-2H3,(H,21,22). The van der Waals surface area contributed by atoms with Crippen molar-refractivity contribution in [1.82, 2.24) is 5.32 Å². The number of nitrogens with one attached hydrogen (secondary N) is 1. The lowest BCUT2D eigenvalue weighted by molar-refractivity contribution is -0.120. The van der Waals surface area contributed by atoms with Gasteiger partial charge >= 0.3 is 0 Å². The summed E-state index contributed by atoms with van der Waals surface area (Å²) in [6, 6.07) is 17.7. The number of carbonyl (C=O) groups excluding carboxylic acids is 1. The summed E-state index contributed by atoms with van der Waals surface area (Å²) in [5.74, 6) is 0.820. The fraction of sp³-hybridized carbons (Fsp3) is 0.350. The van der Waals surface area contributed by atoms with Gasteiger partial charge in [0.25, 0.3) is 0 Å².